The van der Waals surface area contributed by atoms with Crippen LogP contribution in [0.3, 0.4) is 0 Å². The van der Waals surface area contributed by atoms with Gasteiger partial charge in [-0.25, -0.2) is 0 Å². The van der Waals surface area contributed by atoms with Gasteiger partial charge in [-0.1, -0.05) is 78.9 Å². The molecule has 0 saturated carbocycles. The van der Waals surface area contributed by atoms with Crippen molar-refractivity contribution < 1.29 is 4.42 Å². The lowest BCUT2D eigenvalue weighted by Crippen LogP contribution is -2.10. The summed E-state index contributed by atoms with van der Waals surface area (Å²) in [4.78, 5) is 7.08. The second-order valence-corrected chi connectivity index (χ2v) is 13.7. The molecule has 0 bridgehead atoms. The monoisotopic (exact) mass is 624 g/mol. The van der Waals surface area contributed by atoms with Gasteiger partial charge in [-0.15, -0.1) is 22.7 Å². The second kappa shape index (κ2) is 10.0. The lowest BCUT2D eigenvalue weighted by Gasteiger charge is -2.26. The summed E-state index contributed by atoms with van der Waals surface area (Å²) in [5, 5.41) is 6.23. The number of anilines is 3. The molecule has 5 heteroatoms. The van der Waals surface area contributed by atoms with Gasteiger partial charge in [-0.05, 0) is 66.2 Å². The number of para-hydroxylation sites is 1. The van der Waals surface area contributed by atoms with Crippen LogP contribution in [-0.2, 0) is 0 Å². The van der Waals surface area contributed by atoms with Crippen LogP contribution < -0.4 is 4.90 Å². The normalized spacial score (nSPS) is 11.9. The standard InChI is InChI=1S/C41H24N2OS2/c1-4-13-35-33(10-1)39-40(44-35)28(22-23-42-39)25-16-18-26(19-17-25)43(27-20-21-31-29-8-2-5-14-36(29)45-38(31)24-27)34-12-7-11-32-30-9-3-6-15-37(30)46-41(32)34/h1-24H. The van der Waals surface area contributed by atoms with E-state index in [4.69, 9.17) is 4.42 Å². The van der Waals surface area contributed by atoms with Gasteiger partial charge in [-0.3, -0.25) is 4.98 Å². The summed E-state index contributed by atoms with van der Waals surface area (Å²) in [6, 6.07) is 50.0. The largest absolute Gasteiger partial charge is 0.454 e. The van der Waals surface area contributed by atoms with E-state index < -0.39 is 0 Å². The van der Waals surface area contributed by atoms with Gasteiger partial charge in [0.1, 0.15) is 11.1 Å². The van der Waals surface area contributed by atoms with Crippen LogP contribution in [0, 0.1) is 0 Å². The van der Waals surface area contributed by atoms with Crippen molar-refractivity contribution in [3.05, 3.63) is 146 Å². The van der Waals surface area contributed by atoms with E-state index in [2.05, 4.69) is 125 Å². The summed E-state index contributed by atoms with van der Waals surface area (Å²) in [7, 11) is 0. The predicted octanol–water partition coefficient (Wildman–Crippen LogP) is 12.9. The minimum Gasteiger partial charge on any atom is -0.454 e. The lowest BCUT2D eigenvalue weighted by atomic mass is 10.0. The maximum absolute atomic E-state index is 6.33. The predicted molar refractivity (Wildman–Crippen MR) is 197 cm³/mol. The summed E-state index contributed by atoms with van der Waals surface area (Å²) in [5.74, 6) is 0. The Morgan fingerprint density at radius 3 is 2.04 bits per heavy atom. The molecule has 10 aromatic rings. The third-order valence-corrected chi connectivity index (χ3v) is 11.3. The van der Waals surface area contributed by atoms with Gasteiger partial charge >= 0.3 is 0 Å². The van der Waals surface area contributed by atoms with Crippen LogP contribution in [0.25, 0.3) is 73.5 Å². The number of hydrogen-bond acceptors (Lipinski definition) is 5. The zero-order valence-electron chi connectivity index (χ0n) is 24.5. The molecule has 0 fully saturated rings. The van der Waals surface area contributed by atoms with E-state index in [0.29, 0.717) is 0 Å². The van der Waals surface area contributed by atoms with Crippen LogP contribution in [0.5, 0.6) is 0 Å². The Labute approximate surface area is 272 Å². The molecule has 0 saturated heterocycles. The first kappa shape index (κ1) is 25.8. The third-order valence-electron chi connectivity index (χ3n) is 8.94. The zero-order chi connectivity index (χ0) is 30.2. The molecular weight excluding hydrogens is 601 g/mol. The van der Waals surface area contributed by atoms with Gasteiger partial charge in [0.05, 0.1) is 10.4 Å². The molecule has 0 unspecified atom stereocenters. The van der Waals surface area contributed by atoms with Crippen LogP contribution in [0.15, 0.2) is 150 Å². The molecule has 0 aliphatic carbocycles. The molecular formula is C41H24N2OS2. The molecule has 0 aliphatic heterocycles. The van der Waals surface area contributed by atoms with E-state index in [-0.39, 0.29) is 0 Å². The van der Waals surface area contributed by atoms with Crippen LogP contribution in [-0.4, -0.2) is 4.98 Å². The first-order valence-electron chi connectivity index (χ1n) is 15.3. The number of aromatic nitrogens is 1. The van der Waals surface area contributed by atoms with Crippen molar-refractivity contribution in [3.8, 4) is 11.1 Å². The van der Waals surface area contributed by atoms with Crippen molar-refractivity contribution in [3.63, 3.8) is 0 Å². The molecule has 46 heavy (non-hydrogen) atoms. The molecule has 0 amide bonds. The SMILES string of the molecule is c1ccc2c(c1)oc1c(-c3ccc(N(c4ccc5c(c4)sc4ccccc45)c4cccc5c4sc4ccccc45)cc3)ccnc12. The fourth-order valence-electron chi connectivity index (χ4n) is 6.81. The average Bonchev–Trinajstić information content (AvgIpc) is 3.80. The zero-order valence-corrected chi connectivity index (χ0v) is 26.1. The van der Waals surface area contributed by atoms with Crippen molar-refractivity contribution >= 4 is 102 Å². The Morgan fingerprint density at radius 1 is 0.522 bits per heavy atom. The van der Waals surface area contributed by atoms with Gasteiger partial charge in [0.2, 0.25) is 0 Å². The first-order valence-corrected chi connectivity index (χ1v) is 16.9. The number of thiophene rings is 2. The van der Waals surface area contributed by atoms with Gasteiger partial charge in [-0.2, -0.15) is 0 Å². The summed E-state index contributed by atoms with van der Waals surface area (Å²) >= 11 is 3.71. The summed E-state index contributed by atoms with van der Waals surface area (Å²) in [6.07, 6.45) is 1.88. The van der Waals surface area contributed by atoms with Crippen molar-refractivity contribution in [2.24, 2.45) is 0 Å². The third kappa shape index (κ3) is 3.86. The molecule has 0 spiro atoms. The molecule has 0 aliphatic rings. The van der Waals surface area contributed by atoms with E-state index in [9.17, 15) is 0 Å². The van der Waals surface area contributed by atoms with Gasteiger partial charge in [0.25, 0.3) is 0 Å². The topological polar surface area (TPSA) is 29.3 Å². The number of furan rings is 1. The van der Waals surface area contributed by atoms with Crippen LogP contribution >= 0.6 is 22.7 Å². The number of benzene rings is 6. The lowest BCUT2D eigenvalue weighted by molar-refractivity contribution is 0.669. The number of fused-ring (bicyclic) bond motifs is 9. The Morgan fingerprint density at radius 2 is 1.20 bits per heavy atom. The fourth-order valence-corrected chi connectivity index (χ4v) is 9.16. The van der Waals surface area contributed by atoms with Gasteiger partial charge in [0, 0.05) is 64.2 Å². The summed E-state index contributed by atoms with van der Waals surface area (Å²) in [5.41, 5.74) is 8.12. The Bertz CT molecular complexity index is 2770. The van der Waals surface area contributed by atoms with Crippen molar-refractivity contribution in [2.75, 3.05) is 4.90 Å². The summed E-state index contributed by atoms with van der Waals surface area (Å²) in [6.45, 7) is 0. The molecule has 0 N–H and O–H groups in total. The first-order chi connectivity index (χ1) is 22.8. The number of pyridine rings is 1. The molecule has 6 aromatic carbocycles. The number of nitrogens with zero attached hydrogens (tertiary/aromatic N) is 2. The molecule has 0 atom stereocenters. The average molecular weight is 625 g/mol. The van der Waals surface area contributed by atoms with Crippen LogP contribution in [0.2, 0.25) is 0 Å². The summed E-state index contributed by atoms with van der Waals surface area (Å²) < 4.78 is 11.5. The highest BCUT2D eigenvalue weighted by Crippen LogP contribution is 2.46. The quantitative estimate of drug-likeness (QED) is 0.195. The van der Waals surface area contributed by atoms with Crippen LogP contribution in [0.1, 0.15) is 0 Å². The highest BCUT2D eigenvalue weighted by Gasteiger charge is 2.20. The molecule has 0 radical (unpaired) electrons. The number of rotatable bonds is 4. The molecule has 10 rings (SSSR count). The maximum Gasteiger partial charge on any atom is 0.161 e. The Balaban J connectivity index is 1.17. The number of hydrogen-bond donors (Lipinski definition) is 0. The van der Waals surface area contributed by atoms with E-state index >= 15 is 0 Å². The van der Waals surface area contributed by atoms with Crippen LogP contribution in [0.4, 0.5) is 17.1 Å². The Hall–Kier alpha value is -5.49. The van der Waals surface area contributed by atoms with Gasteiger partial charge < -0.3 is 9.32 Å². The van der Waals surface area contributed by atoms with Crippen molar-refractivity contribution in [1.29, 1.82) is 0 Å². The second-order valence-electron chi connectivity index (χ2n) is 11.5. The minimum absolute atomic E-state index is 0.818. The maximum atomic E-state index is 6.33. The van der Waals surface area contributed by atoms with E-state index in [1.165, 1.54) is 46.0 Å². The minimum atomic E-state index is 0.818. The van der Waals surface area contributed by atoms with Crippen molar-refractivity contribution in [1.82, 2.24) is 4.98 Å². The Kier molecular flexibility index (Phi) is 5.61. The molecule has 4 aromatic heterocycles. The molecule has 3 nitrogen and oxygen atoms in total. The molecule has 4 heterocycles. The molecule has 216 valence electrons. The fraction of sp³-hybridized carbons (Fsp3) is 0. The van der Waals surface area contributed by atoms with E-state index in [1.807, 2.05) is 53.1 Å². The van der Waals surface area contributed by atoms with E-state index in [1.54, 1.807) is 0 Å². The smallest absolute Gasteiger partial charge is 0.161 e. The van der Waals surface area contributed by atoms with Crippen molar-refractivity contribution in [2.45, 2.75) is 0 Å². The van der Waals surface area contributed by atoms with Gasteiger partial charge in [0.15, 0.2) is 5.58 Å². The highest BCUT2D eigenvalue weighted by atomic mass is 32.1. The van der Waals surface area contributed by atoms with E-state index in [0.717, 1.165) is 44.6 Å². The highest BCUT2D eigenvalue weighted by molar-refractivity contribution is 7.26.